The first-order valence-corrected chi connectivity index (χ1v) is 8.57. The molecule has 0 radical (unpaired) electrons. The van der Waals surface area contributed by atoms with Crippen molar-refractivity contribution in [2.75, 3.05) is 11.9 Å². The third kappa shape index (κ3) is 2.43. The monoisotopic (exact) mass is 330 g/mol. The van der Waals surface area contributed by atoms with Gasteiger partial charge < -0.3 is 10.0 Å². The number of aliphatic hydroxyl groups is 1. The van der Waals surface area contributed by atoms with Crippen molar-refractivity contribution in [2.45, 2.75) is 25.4 Å². The van der Waals surface area contributed by atoms with Crippen molar-refractivity contribution in [1.82, 2.24) is 0 Å². The maximum absolute atomic E-state index is 10.4. The number of hydrogen-bond donors (Lipinski definition) is 1. The highest BCUT2D eigenvalue weighted by Gasteiger charge is 2.38. The molecule has 1 atom stereocenters. The van der Waals surface area contributed by atoms with Gasteiger partial charge in [-0.15, -0.1) is 0 Å². The van der Waals surface area contributed by atoms with Gasteiger partial charge in [-0.3, -0.25) is 4.99 Å². The molecule has 0 spiro atoms. The Balaban J connectivity index is 1.80. The number of allylic oxidation sites excluding steroid dienone is 1. The highest BCUT2D eigenvalue weighted by Crippen LogP contribution is 2.46. The van der Waals surface area contributed by atoms with Crippen molar-refractivity contribution >= 4 is 17.5 Å². The number of benzene rings is 2. The van der Waals surface area contributed by atoms with E-state index in [0.717, 1.165) is 16.8 Å². The standard InChI is InChI=1S/C22H22N2O/c1-22(2)17-10-6-7-11-18(17)24(3)20(22)14-23-21-16-9-5-4-8-15(16)12-13-19(21)25/h4-14,19,25H,1-3H3/b20-14+,23-21?/t19-/m0/s1. The van der Waals surface area contributed by atoms with Gasteiger partial charge in [0.25, 0.3) is 0 Å². The van der Waals surface area contributed by atoms with Crippen LogP contribution in [-0.4, -0.2) is 24.0 Å². The van der Waals surface area contributed by atoms with E-state index in [1.165, 1.54) is 11.3 Å². The van der Waals surface area contributed by atoms with Gasteiger partial charge in [0.2, 0.25) is 0 Å². The fourth-order valence-electron chi connectivity index (χ4n) is 3.83. The lowest BCUT2D eigenvalue weighted by molar-refractivity contribution is 0.289. The maximum atomic E-state index is 10.4. The number of para-hydroxylation sites is 1. The van der Waals surface area contributed by atoms with Gasteiger partial charge >= 0.3 is 0 Å². The van der Waals surface area contributed by atoms with E-state index in [4.69, 9.17) is 4.99 Å². The zero-order valence-electron chi connectivity index (χ0n) is 14.8. The number of hydrogen-bond acceptors (Lipinski definition) is 3. The van der Waals surface area contributed by atoms with Crippen LogP contribution in [0.25, 0.3) is 6.08 Å². The molecule has 2 aromatic rings. The van der Waals surface area contributed by atoms with Crippen molar-refractivity contribution < 1.29 is 5.11 Å². The van der Waals surface area contributed by atoms with E-state index < -0.39 is 6.10 Å². The summed E-state index contributed by atoms with van der Waals surface area (Å²) in [6.45, 7) is 4.43. The van der Waals surface area contributed by atoms with Crippen LogP contribution in [-0.2, 0) is 5.41 Å². The summed E-state index contributed by atoms with van der Waals surface area (Å²) in [5.74, 6) is 0. The zero-order chi connectivity index (χ0) is 17.6. The lowest BCUT2D eigenvalue weighted by Crippen LogP contribution is -2.25. The zero-order valence-corrected chi connectivity index (χ0v) is 14.8. The number of rotatable bonds is 1. The van der Waals surface area contributed by atoms with E-state index in [2.05, 4.69) is 50.1 Å². The Morgan fingerprint density at radius 1 is 1.08 bits per heavy atom. The molecule has 1 N–H and O–H groups in total. The van der Waals surface area contributed by atoms with Crippen molar-refractivity contribution in [3.63, 3.8) is 0 Å². The predicted molar refractivity (Wildman–Crippen MR) is 104 cm³/mol. The molecule has 1 aliphatic heterocycles. The quantitative estimate of drug-likeness (QED) is 0.853. The highest BCUT2D eigenvalue weighted by atomic mass is 16.3. The lowest BCUT2D eigenvalue weighted by Gasteiger charge is -2.24. The van der Waals surface area contributed by atoms with Gasteiger partial charge in [-0.25, -0.2) is 0 Å². The van der Waals surface area contributed by atoms with Crippen LogP contribution in [0.15, 0.2) is 71.5 Å². The molecule has 0 fully saturated rings. The van der Waals surface area contributed by atoms with E-state index in [0.29, 0.717) is 5.71 Å². The van der Waals surface area contributed by atoms with Crippen molar-refractivity contribution in [3.05, 3.63) is 83.2 Å². The minimum Gasteiger partial charge on any atom is -0.383 e. The molecule has 2 aliphatic rings. The molecule has 0 saturated carbocycles. The fourth-order valence-corrected chi connectivity index (χ4v) is 3.83. The Morgan fingerprint density at radius 2 is 1.80 bits per heavy atom. The number of likely N-dealkylation sites (N-methyl/N-ethyl adjacent to an activating group) is 1. The molecule has 2 aromatic carbocycles. The first kappa shape index (κ1) is 15.9. The van der Waals surface area contributed by atoms with E-state index >= 15 is 0 Å². The molecule has 126 valence electrons. The third-order valence-electron chi connectivity index (χ3n) is 5.24. The summed E-state index contributed by atoms with van der Waals surface area (Å²) in [6.07, 6.45) is 4.98. The summed E-state index contributed by atoms with van der Waals surface area (Å²) in [6, 6.07) is 16.5. The van der Waals surface area contributed by atoms with Crippen LogP contribution in [0, 0.1) is 0 Å². The van der Waals surface area contributed by atoms with Gasteiger partial charge in [0.1, 0.15) is 6.10 Å². The van der Waals surface area contributed by atoms with Crippen LogP contribution in [0.4, 0.5) is 5.69 Å². The minimum absolute atomic E-state index is 0.121. The fraction of sp³-hybridized carbons (Fsp3) is 0.227. The molecule has 0 amide bonds. The van der Waals surface area contributed by atoms with E-state index in [-0.39, 0.29) is 5.41 Å². The van der Waals surface area contributed by atoms with E-state index in [1.54, 1.807) is 6.08 Å². The minimum atomic E-state index is -0.677. The van der Waals surface area contributed by atoms with Gasteiger partial charge in [0.15, 0.2) is 0 Å². The number of aliphatic hydroxyl groups excluding tert-OH is 1. The summed E-state index contributed by atoms with van der Waals surface area (Å²) < 4.78 is 0. The number of fused-ring (bicyclic) bond motifs is 2. The molecule has 0 aromatic heterocycles. The second-order valence-corrected chi connectivity index (χ2v) is 7.12. The van der Waals surface area contributed by atoms with E-state index in [1.807, 2.05) is 36.5 Å². The Hall–Kier alpha value is -2.65. The normalized spacial score (nSPS) is 23.8. The largest absolute Gasteiger partial charge is 0.383 e. The molecule has 0 unspecified atom stereocenters. The molecule has 4 rings (SSSR count). The Kier molecular flexibility index (Phi) is 3.62. The average Bonchev–Trinajstić information content (AvgIpc) is 2.81. The first-order valence-electron chi connectivity index (χ1n) is 8.57. The summed E-state index contributed by atoms with van der Waals surface area (Å²) in [5, 5.41) is 10.4. The van der Waals surface area contributed by atoms with Gasteiger partial charge in [-0.1, -0.05) is 62.4 Å². The van der Waals surface area contributed by atoms with Crippen molar-refractivity contribution in [2.24, 2.45) is 4.99 Å². The number of aliphatic imine (C=N–C) groups is 1. The smallest absolute Gasteiger partial charge is 0.115 e. The molecule has 3 heteroatoms. The topological polar surface area (TPSA) is 35.8 Å². The molecule has 3 nitrogen and oxygen atoms in total. The summed E-state index contributed by atoms with van der Waals surface area (Å²) in [7, 11) is 2.07. The number of nitrogens with zero attached hydrogens (tertiary/aromatic N) is 2. The van der Waals surface area contributed by atoms with Crippen LogP contribution in [0.3, 0.4) is 0 Å². The third-order valence-corrected chi connectivity index (χ3v) is 5.24. The Labute approximate surface area is 148 Å². The van der Waals surface area contributed by atoms with Gasteiger partial charge in [0.05, 0.1) is 5.71 Å². The molecular formula is C22H22N2O. The molecule has 1 aliphatic carbocycles. The number of anilines is 1. The summed E-state index contributed by atoms with van der Waals surface area (Å²) in [4.78, 5) is 6.92. The van der Waals surface area contributed by atoms with Crippen LogP contribution in [0.1, 0.15) is 30.5 Å². The first-order chi connectivity index (χ1) is 12.0. The molecular weight excluding hydrogens is 308 g/mol. The second kappa shape index (κ2) is 5.71. The van der Waals surface area contributed by atoms with Crippen molar-refractivity contribution in [1.29, 1.82) is 0 Å². The van der Waals surface area contributed by atoms with Crippen LogP contribution >= 0.6 is 0 Å². The van der Waals surface area contributed by atoms with Crippen LogP contribution in [0.2, 0.25) is 0 Å². The molecule has 1 heterocycles. The summed E-state index contributed by atoms with van der Waals surface area (Å²) in [5.41, 5.74) is 6.30. The van der Waals surface area contributed by atoms with E-state index in [9.17, 15) is 5.11 Å². The Bertz CT molecular complexity index is 921. The molecule has 25 heavy (non-hydrogen) atoms. The van der Waals surface area contributed by atoms with Crippen LogP contribution in [0.5, 0.6) is 0 Å². The predicted octanol–water partition coefficient (Wildman–Crippen LogP) is 4.13. The maximum Gasteiger partial charge on any atom is 0.115 e. The molecule has 0 saturated heterocycles. The molecule has 0 bridgehead atoms. The SMILES string of the molecule is CN1/C(=C/N=C2c3ccccc3C=C[C@@H]2O)C(C)(C)c2ccccc21. The highest BCUT2D eigenvalue weighted by molar-refractivity contribution is 6.09. The average molecular weight is 330 g/mol. The lowest BCUT2D eigenvalue weighted by atomic mass is 9.84. The van der Waals surface area contributed by atoms with Crippen molar-refractivity contribution in [3.8, 4) is 0 Å². The van der Waals surface area contributed by atoms with Gasteiger partial charge in [-0.2, -0.15) is 0 Å². The Morgan fingerprint density at radius 3 is 2.60 bits per heavy atom. The van der Waals surface area contributed by atoms with Gasteiger partial charge in [-0.05, 0) is 23.3 Å². The van der Waals surface area contributed by atoms with Gasteiger partial charge in [0, 0.05) is 35.6 Å². The summed E-state index contributed by atoms with van der Waals surface area (Å²) >= 11 is 0. The van der Waals surface area contributed by atoms with Crippen LogP contribution < -0.4 is 4.90 Å². The second-order valence-electron chi connectivity index (χ2n) is 7.12.